The van der Waals surface area contributed by atoms with Gasteiger partial charge in [0.25, 0.3) is 0 Å². The van der Waals surface area contributed by atoms with Crippen LogP contribution >= 0.6 is 0 Å². The molecule has 0 spiro atoms. The summed E-state index contributed by atoms with van der Waals surface area (Å²) < 4.78 is 0. The van der Waals surface area contributed by atoms with E-state index in [1.54, 1.807) is 0 Å². The lowest BCUT2D eigenvalue weighted by Gasteiger charge is -2.11. The highest BCUT2D eigenvalue weighted by Gasteiger charge is 2.50. The van der Waals surface area contributed by atoms with Crippen molar-refractivity contribution < 1.29 is 0 Å². The van der Waals surface area contributed by atoms with Crippen LogP contribution in [0.1, 0.15) is 30.9 Å². The van der Waals surface area contributed by atoms with Crippen molar-refractivity contribution in [3.63, 3.8) is 0 Å². The number of hydrogen-bond donors (Lipinski definition) is 1. The van der Waals surface area contributed by atoms with Crippen molar-refractivity contribution in [1.82, 2.24) is 0 Å². The van der Waals surface area contributed by atoms with Gasteiger partial charge in [0.15, 0.2) is 0 Å². The maximum absolute atomic E-state index is 6.29. The van der Waals surface area contributed by atoms with Crippen LogP contribution in [0.3, 0.4) is 0 Å². The van der Waals surface area contributed by atoms with Crippen molar-refractivity contribution in [2.75, 3.05) is 0 Å². The van der Waals surface area contributed by atoms with Gasteiger partial charge in [-0.3, -0.25) is 0 Å². The molecule has 0 aromatic heterocycles. The Balaban J connectivity index is 2.27. The third-order valence-corrected chi connectivity index (χ3v) is 3.20. The summed E-state index contributed by atoms with van der Waals surface area (Å²) in [7, 11) is 0. The van der Waals surface area contributed by atoms with E-state index in [1.165, 1.54) is 17.5 Å². The molecular weight excluding hydrogens is 158 g/mol. The summed E-state index contributed by atoms with van der Waals surface area (Å²) >= 11 is 0. The van der Waals surface area contributed by atoms with Crippen LogP contribution in [0.25, 0.3) is 0 Å². The standard InChI is InChI=1S/C12H17N/c1-3-10-8-12(10,13)11-6-4-5-9(2)7-11/h4-7,10H,3,8,13H2,1-2H3/t10-,12+/m0/s1. The molecule has 2 atom stereocenters. The second-order valence-electron chi connectivity index (χ2n) is 4.22. The Morgan fingerprint density at radius 1 is 1.54 bits per heavy atom. The first kappa shape index (κ1) is 8.76. The van der Waals surface area contributed by atoms with Gasteiger partial charge in [-0.25, -0.2) is 0 Å². The van der Waals surface area contributed by atoms with Crippen molar-refractivity contribution in [3.8, 4) is 0 Å². The molecule has 1 nitrogen and oxygen atoms in total. The smallest absolute Gasteiger partial charge is 0.0442 e. The minimum absolute atomic E-state index is 0.000764. The molecule has 1 aliphatic rings. The summed E-state index contributed by atoms with van der Waals surface area (Å²) in [4.78, 5) is 0. The van der Waals surface area contributed by atoms with E-state index in [4.69, 9.17) is 5.73 Å². The van der Waals surface area contributed by atoms with Gasteiger partial charge in [-0.15, -0.1) is 0 Å². The van der Waals surface area contributed by atoms with E-state index in [0.717, 1.165) is 6.42 Å². The first-order valence-electron chi connectivity index (χ1n) is 5.03. The monoisotopic (exact) mass is 175 g/mol. The molecule has 1 aromatic rings. The van der Waals surface area contributed by atoms with Crippen molar-refractivity contribution in [2.24, 2.45) is 11.7 Å². The Morgan fingerprint density at radius 3 is 2.85 bits per heavy atom. The normalized spacial score (nSPS) is 31.8. The Bertz CT molecular complexity index is 319. The predicted molar refractivity (Wildman–Crippen MR) is 55.4 cm³/mol. The summed E-state index contributed by atoms with van der Waals surface area (Å²) in [6.45, 7) is 4.34. The fraction of sp³-hybridized carbons (Fsp3) is 0.500. The number of aryl methyl sites for hydroxylation is 1. The highest BCUT2D eigenvalue weighted by molar-refractivity contribution is 5.34. The molecule has 0 aliphatic heterocycles. The van der Waals surface area contributed by atoms with Gasteiger partial charge in [0.1, 0.15) is 0 Å². The molecule has 0 radical (unpaired) electrons. The molecule has 1 aromatic carbocycles. The third-order valence-electron chi connectivity index (χ3n) is 3.20. The summed E-state index contributed by atoms with van der Waals surface area (Å²) in [6, 6.07) is 8.60. The number of benzene rings is 1. The number of nitrogens with two attached hydrogens (primary N) is 1. The van der Waals surface area contributed by atoms with Gasteiger partial charge in [0, 0.05) is 5.54 Å². The van der Waals surface area contributed by atoms with Crippen LogP contribution in [-0.2, 0) is 5.54 Å². The number of rotatable bonds is 2. The van der Waals surface area contributed by atoms with Crippen LogP contribution in [0.15, 0.2) is 24.3 Å². The fourth-order valence-electron chi connectivity index (χ4n) is 2.15. The highest BCUT2D eigenvalue weighted by Crippen LogP contribution is 2.51. The zero-order valence-corrected chi connectivity index (χ0v) is 8.38. The van der Waals surface area contributed by atoms with Crippen LogP contribution in [0, 0.1) is 12.8 Å². The van der Waals surface area contributed by atoms with E-state index in [1.807, 2.05) is 0 Å². The minimum atomic E-state index is 0.000764. The van der Waals surface area contributed by atoms with E-state index < -0.39 is 0 Å². The summed E-state index contributed by atoms with van der Waals surface area (Å²) in [5.41, 5.74) is 8.92. The molecule has 70 valence electrons. The lowest BCUT2D eigenvalue weighted by Crippen LogP contribution is -2.21. The molecule has 0 bridgehead atoms. The lowest BCUT2D eigenvalue weighted by molar-refractivity contribution is 0.615. The SMILES string of the molecule is CC[C@H]1C[C@]1(N)c1cccc(C)c1. The molecule has 0 unspecified atom stereocenters. The van der Waals surface area contributed by atoms with Gasteiger partial charge >= 0.3 is 0 Å². The Kier molecular flexibility index (Phi) is 1.92. The van der Waals surface area contributed by atoms with E-state index >= 15 is 0 Å². The fourth-order valence-corrected chi connectivity index (χ4v) is 2.15. The van der Waals surface area contributed by atoms with Gasteiger partial charge < -0.3 is 5.73 Å². The van der Waals surface area contributed by atoms with E-state index in [-0.39, 0.29) is 5.54 Å². The summed E-state index contributed by atoms with van der Waals surface area (Å²) in [5.74, 6) is 0.703. The van der Waals surface area contributed by atoms with Crippen LogP contribution in [-0.4, -0.2) is 0 Å². The van der Waals surface area contributed by atoms with Crippen LogP contribution in [0.4, 0.5) is 0 Å². The number of hydrogen-bond acceptors (Lipinski definition) is 1. The van der Waals surface area contributed by atoms with Gasteiger partial charge in [0.05, 0.1) is 0 Å². The van der Waals surface area contributed by atoms with Crippen molar-refractivity contribution in [2.45, 2.75) is 32.2 Å². The molecule has 1 aliphatic carbocycles. The molecule has 1 fully saturated rings. The zero-order chi connectivity index (χ0) is 9.47. The predicted octanol–water partition coefficient (Wildman–Crippen LogP) is 2.58. The molecule has 1 saturated carbocycles. The summed E-state index contributed by atoms with van der Waals surface area (Å²) in [6.07, 6.45) is 2.36. The molecule has 1 heteroatoms. The van der Waals surface area contributed by atoms with Crippen molar-refractivity contribution in [1.29, 1.82) is 0 Å². The molecule has 2 rings (SSSR count). The lowest BCUT2D eigenvalue weighted by atomic mass is 10.0. The first-order chi connectivity index (χ1) is 6.16. The molecular formula is C12H17N. The molecule has 0 saturated heterocycles. The maximum Gasteiger partial charge on any atom is 0.0442 e. The van der Waals surface area contributed by atoms with Crippen molar-refractivity contribution in [3.05, 3.63) is 35.4 Å². The molecule has 13 heavy (non-hydrogen) atoms. The second-order valence-corrected chi connectivity index (χ2v) is 4.22. The topological polar surface area (TPSA) is 26.0 Å². The molecule has 2 N–H and O–H groups in total. The average molecular weight is 175 g/mol. The van der Waals surface area contributed by atoms with E-state index in [0.29, 0.717) is 5.92 Å². The van der Waals surface area contributed by atoms with E-state index in [9.17, 15) is 0 Å². The summed E-state index contributed by atoms with van der Waals surface area (Å²) in [5, 5.41) is 0. The highest BCUT2D eigenvalue weighted by atomic mass is 14.9. The van der Waals surface area contributed by atoms with Crippen LogP contribution < -0.4 is 5.73 Å². The molecule has 0 heterocycles. The Labute approximate surface area is 80.0 Å². The first-order valence-corrected chi connectivity index (χ1v) is 5.03. The van der Waals surface area contributed by atoms with Gasteiger partial charge in [-0.2, -0.15) is 0 Å². The largest absolute Gasteiger partial charge is 0.321 e. The molecule has 0 amide bonds. The van der Waals surface area contributed by atoms with E-state index in [2.05, 4.69) is 38.1 Å². The zero-order valence-electron chi connectivity index (χ0n) is 8.38. The Hall–Kier alpha value is -0.820. The van der Waals surface area contributed by atoms with Crippen LogP contribution in [0.2, 0.25) is 0 Å². The Morgan fingerprint density at radius 2 is 2.31 bits per heavy atom. The van der Waals surface area contributed by atoms with Gasteiger partial charge in [-0.05, 0) is 24.8 Å². The average Bonchev–Trinajstić information content (AvgIpc) is 2.79. The second kappa shape index (κ2) is 2.85. The van der Waals surface area contributed by atoms with Gasteiger partial charge in [-0.1, -0.05) is 43.2 Å². The van der Waals surface area contributed by atoms with Gasteiger partial charge in [0.2, 0.25) is 0 Å². The minimum Gasteiger partial charge on any atom is -0.321 e. The van der Waals surface area contributed by atoms with Crippen LogP contribution in [0.5, 0.6) is 0 Å². The third kappa shape index (κ3) is 1.37. The quantitative estimate of drug-likeness (QED) is 0.734. The maximum atomic E-state index is 6.29. The van der Waals surface area contributed by atoms with Crippen molar-refractivity contribution >= 4 is 0 Å².